The van der Waals surface area contributed by atoms with E-state index in [2.05, 4.69) is 55.7 Å². The molecule has 0 aliphatic rings. The molecule has 0 spiro atoms. The zero-order valence-electron chi connectivity index (χ0n) is 11.2. The van der Waals surface area contributed by atoms with Crippen LogP contribution in [0.2, 0.25) is 0 Å². The van der Waals surface area contributed by atoms with Gasteiger partial charge in [-0.3, -0.25) is 0 Å². The van der Waals surface area contributed by atoms with Crippen LogP contribution < -0.4 is 5.73 Å². The monoisotopic (exact) mass is 264 g/mol. The zero-order valence-corrected chi connectivity index (χ0v) is 12.0. The Labute approximate surface area is 115 Å². The number of rotatable bonds is 3. The van der Waals surface area contributed by atoms with Crippen LogP contribution in [0.3, 0.4) is 0 Å². The van der Waals surface area contributed by atoms with Crippen molar-refractivity contribution in [3.63, 3.8) is 0 Å². The average Bonchev–Trinajstić information content (AvgIpc) is 2.54. The van der Waals surface area contributed by atoms with Crippen LogP contribution in [0.25, 0.3) is 5.69 Å². The van der Waals surface area contributed by atoms with Crippen molar-refractivity contribution < 1.29 is 0 Å². The van der Waals surface area contributed by atoms with E-state index in [0.717, 1.165) is 6.42 Å². The van der Waals surface area contributed by atoms with E-state index in [4.69, 9.17) is 5.73 Å². The first kappa shape index (κ1) is 14.8. The Kier molecular flexibility index (Phi) is 5.00. The van der Waals surface area contributed by atoms with Gasteiger partial charge in [-0.15, -0.1) is 12.4 Å². The van der Waals surface area contributed by atoms with Crippen molar-refractivity contribution in [1.29, 1.82) is 0 Å². The van der Waals surface area contributed by atoms with Gasteiger partial charge < -0.3 is 10.3 Å². The molecule has 0 aliphatic heterocycles. The Morgan fingerprint density at radius 3 is 2.33 bits per heavy atom. The molecular formula is C15H21ClN2. The molecule has 1 atom stereocenters. The van der Waals surface area contributed by atoms with Crippen molar-refractivity contribution in [1.82, 2.24) is 4.57 Å². The SMILES string of the molecule is Cc1cc(CC(C)N)c(C)n1-c1ccccc1.Cl. The van der Waals surface area contributed by atoms with Gasteiger partial charge in [-0.2, -0.15) is 0 Å². The first-order valence-corrected chi connectivity index (χ1v) is 6.08. The van der Waals surface area contributed by atoms with Gasteiger partial charge in [0.05, 0.1) is 0 Å². The number of benzene rings is 1. The summed E-state index contributed by atoms with van der Waals surface area (Å²) in [6.45, 7) is 6.36. The lowest BCUT2D eigenvalue weighted by molar-refractivity contribution is 0.733. The molecule has 2 N–H and O–H groups in total. The Bertz CT molecular complexity index is 501. The molecule has 0 saturated carbocycles. The van der Waals surface area contributed by atoms with E-state index in [1.54, 1.807) is 0 Å². The lowest BCUT2D eigenvalue weighted by Crippen LogP contribution is -2.18. The summed E-state index contributed by atoms with van der Waals surface area (Å²) in [5, 5.41) is 0. The second-order valence-corrected chi connectivity index (χ2v) is 4.75. The summed E-state index contributed by atoms with van der Waals surface area (Å²) in [4.78, 5) is 0. The molecule has 18 heavy (non-hydrogen) atoms. The third-order valence-electron chi connectivity index (χ3n) is 3.09. The number of halogens is 1. The van der Waals surface area contributed by atoms with Crippen LogP contribution >= 0.6 is 12.4 Å². The van der Waals surface area contributed by atoms with E-state index in [0.29, 0.717) is 0 Å². The molecule has 98 valence electrons. The molecule has 1 aromatic carbocycles. The summed E-state index contributed by atoms with van der Waals surface area (Å²) in [5.41, 5.74) is 11.0. The van der Waals surface area contributed by atoms with Gasteiger partial charge in [0.1, 0.15) is 0 Å². The number of aromatic nitrogens is 1. The number of nitrogens with zero attached hydrogens (tertiary/aromatic N) is 1. The topological polar surface area (TPSA) is 30.9 Å². The third kappa shape index (κ3) is 2.95. The number of hydrogen-bond donors (Lipinski definition) is 1. The lowest BCUT2D eigenvalue weighted by atomic mass is 10.1. The van der Waals surface area contributed by atoms with E-state index in [-0.39, 0.29) is 18.4 Å². The highest BCUT2D eigenvalue weighted by Gasteiger charge is 2.11. The molecule has 3 heteroatoms. The van der Waals surface area contributed by atoms with Gasteiger partial charge in [0, 0.05) is 23.1 Å². The van der Waals surface area contributed by atoms with E-state index in [1.807, 2.05) is 6.07 Å². The van der Waals surface area contributed by atoms with Crippen LogP contribution in [0.1, 0.15) is 23.9 Å². The fourth-order valence-electron chi connectivity index (χ4n) is 2.36. The molecule has 2 nitrogen and oxygen atoms in total. The van der Waals surface area contributed by atoms with E-state index < -0.39 is 0 Å². The van der Waals surface area contributed by atoms with E-state index in [9.17, 15) is 0 Å². The van der Waals surface area contributed by atoms with Crippen molar-refractivity contribution in [2.75, 3.05) is 0 Å². The number of hydrogen-bond acceptors (Lipinski definition) is 1. The minimum absolute atomic E-state index is 0. The van der Waals surface area contributed by atoms with Gasteiger partial charge in [0.25, 0.3) is 0 Å². The van der Waals surface area contributed by atoms with Crippen LogP contribution in [0.4, 0.5) is 0 Å². The first-order valence-electron chi connectivity index (χ1n) is 6.08. The Morgan fingerprint density at radius 1 is 1.17 bits per heavy atom. The Hall–Kier alpha value is -1.25. The number of aryl methyl sites for hydroxylation is 1. The maximum Gasteiger partial charge on any atom is 0.0455 e. The molecule has 0 fully saturated rings. The molecule has 1 unspecified atom stereocenters. The average molecular weight is 265 g/mol. The highest BCUT2D eigenvalue weighted by Crippen LogP contribution is 2.21. The summed E-state index contributed by atoms with van der Waals surface area (Å²) in [6, 6.07) is 12.9. The van der Waals surface area contributed by atoms with Crippen molar-refractivity contribution in [2.45, 2.75) is 33.2 Å². The summed E-state index contributed by atoms with van der Waals surface area (Å²) in [6.07, 6.45) is 0.937. The maximum atomic E-state index is 5.88. The summed E-state index contributed by atoms with van der Waals surface area (Å²) >= 11 is 0. The Balaban J connectivity index is 0.00000162. The molecule has 0 saturated heterocycles. The molecule has 0 aliphatic carbocycles. The van der Waals surface area contributed by atoms with Crippen LogP contribution in [-0.2, 0) is 6.42 Å². The molecule has 2 aromatic rings. The second-order valence-electron chi connectivity index (χ2n) is 4.75. The van der Waals surface area contributed by atoms with Gasteiger partial charge in [-0.25, -0.2) is 0 Å². The third-order valence-corrected chi connectivity index (χ3v) is 3.09. The van der Waals surface area contributed by atoms with Crippen molar-refractivity contribution in [3.05, 3.63) is 53.3 Å². The molecule has 1 aromatic heterocycles. The molecular weight excluding hydrogens is 244 g/mol. The fourth-order valence-corrected chi connectivity index (χ4v) is 2.36. The molecule has 0 amide bonds. The second kappa shape index (κ2) is 6.07. The van der Waals surface area contributed by atoms with Gasteiger partial charge in [-0.05, 0) is 51.0 Å². The van der Waals surface area contributed by atoms with Gasteiger partial charge in [-0.1, -0.05) is 18.2 Å². The van der Waals surface area contributed by atoms with Crippen LogP contribution in [0.5, 0.6) is 0 Å². The fraction of sp³-hybridized carbons (Fsp3) is 0.333. The van der Waals surface area contributed by atoms with Crippen molar-refractivity contribution in [3.8, 4) is 5.69 Å². The maximum absolute atomic E-state index is 5.88. The first-order chi connectivity index (χ1) is 8.09. The standard InChI is InChI=1S/C15H20N2.ClH/c1-11(16)9-14-10-12(2)17(13(14)3)15-7-5-4-6-8-15;/h4-8,10-11H,9,16H2,1-3H3;1H. The quantitative estimate of drug-likeness (QED) is 0.905. The van der Waals surface area contributed by atoms with Crippen molar-refractivity contribution >= 4 is 12.4 Å². The van der Waals surface area contributed by atoms with E-state index >= 15 is 0 Å². The van der Waals surface area contributed by atoms with Crippen molar-refractivity contribution in [2.24, 2.45) is 5.73 Å². The van der Waals surface area contributed by atoms with E-state index in [1.165, 1.54) is 22.6 Å². The number of para-hydroxylation sites is 1. The minimum atomic E-state index is 0. The lowest BCUT2D eigenvalue weighted by Gasteiger charge is -2.10. The predicted octanol–water partition coefficient (Wildman–Crippen LogP) is 3.41. The largest absolute Gasteiger partial charge is 0.328 e. The molecule has 2 rings (SSSR count). The molecule has 0 bridgehead atoms. The normalized spacial score (nSPS) is 12.0. The minimum Gasteiger partial charge on any atom is -0.328 e. The molecule has 1 heterocycles. The highest BCUT2D eigenvalue weighted by molar-refractivity contribution is 5.85. The smallest absolute Gasteiger partial charge is 0.0455 e. The number of nitrogens with two attached hydrogens (primary N) is 1. The summed E-state index contributed by atoms with van der Waals surface area (Å²) in [5.74, 6) is 0. The summed E-state index contributed by atoms with van der Waals surface area (Å²) in [7, 11) is 0. The van der Waals surface area contributed by atoms with Gasteiger partial charge >= 0.3 is 0 Å². The van der Waals surface area contributed by atoms with Crippen LogP contribution in [0, 0.1) is 13.8 Å². The van der Waals surface area contributed by atoms with Crippen LogP contribution in [-0.4, -0.2) is 10.6 Å². The van der Waals surface area contributed by atoms with Gasteiger partial charge in [0.2, 0.25) is 0 Å². The highest BCUT2D eigenvalue weighted by atomic mass is 35.5. The molecule has 0 radical (unpaired) electrons. The van der Waals surface area contributed by atoms with Gasteiger partial charge in [0.15, 0.2) is 0 Å². The Morgan fingerprint density at radius 2 is 1.78 bits per heavy atom. The van der Waals surface area contributed by atoms with Crippen LogP contribution in [0.15, 0.2) is 36.4 Å². The zero-order chi connectivity index (χ0) is 12.4. The summed E-state index contributed by atoms with van der Waals surface area (Å²) < 4.78 is 2.29. The predicted molar refractivity (Wildman–Crippen MR) is 79.8 cm³/mol.